The van der Waals surface area contributed by atoms with Gasteiger partial charge >= 0.3 is 0 Å². The molecular formula is C9H14O. The summed E-state index contributed by atoms with van der Waals surface area (Å²) in [6.07, 6.45) is 9.95. The molecule has 10 heavy (non-hydrogen) atoms. The van der Waals surface area contributed by atoms with Gasteiger partial charge in [-0.25, -0.2) is 0 Å². The molecule has 0 aliphatic carbocycles. The molecule has 0 aromatic carbocycles. The van der Waals surface area contributed by atoms with E-state index in [2.05, 4.69) is 6.92 Å². The smallest absolute Gasteiger partial charge is 0.115 e. The van der Waals surface area contributed by atoms with E-state index in [-0.39, 0.29) is 0 Å². The lowest BCUT2D eigenvalue weighted by atomic mass is 10.3. The minimum atomic E-state index is 0.298. The van der Waals surface area contributed by atoms with E-state index in [1.54, 1.807) is 18.2 Å². The van der Waals surface area contributed by atoms with Gasteiger partial charge in [0.15, 0.2) is 0 Å². The van der Waals surface area contributed by atoms with Crippen LogP contribution in [0.2, 0.25) is 0 Å². The molecule has 0 unspecified atom stereocenters. The van der Waals surface area contributed by atoms with Crippen molar-refractivity contribution in [3.63, 3.8) is 0 Å². The van der Waals surface area contributed by atoms with Gasteiger partial charge in [0, 0.05) is 0 Å². The van der Waals surface area contributed by atoms with Crippen molar-refractivity contribution in [2.75, 3.05) is 0 Å². The number of hydrogen-bond donors (Lipinski definition) is 1. The predicted molar refractivity (Wildman–Crippen MR) is 45.0 cm³/mol. The second-order valence-electron chi connectivity index (χ2n) is 1.93. The SMILES string of the molecule is C\C=C/C(O)=C\C=C/CC. The van der Waals surface area contributed by atoms with Crippen LogP contribution in [0.3, 0.4) is 0 Å². The average Bonchev–Trinajstić information content (AvgIpc) is 1.89. The van der Waals surface area contributed by atoms with E-state index in [4.69, 9.17) is 5.11 Å². The molecule has 0 heterocycles. The molecule has 0 rings (SSSR count). The molecule has 0 aromatic heterocycles. The van der Waals surface area contributed by atoms with Crippen molar-refractivity contribution in [1.29, 1.82) is 0 Å². The number of allylic oxidation sites excluding steroid dienone is 5. The predicted octanol–water partition coefficient (Wildman–Crippen LogP) is 2.97. The highest BCUT2D eigenvalue weighted by molar-refractivity contribution is 5.16. The topological polar surface area (TPSA) is 20.2 Å². The summed E-state index contributed by atoms with van der Waals surface area (Å²) >= 11 is 0. The lowest BCUT2D eigenvalue weighted by molar-refractivity contribution is 0.432. The molecule has 1 heteroatoms. The summed E-state index contributed by atoms with van der Waals surface area (Å²) in [5, 5.41) is 9.00. The normalized spacial score (nSPS) is 13.6. The fraction of sp³-hybridized carbons (Fsp3) is 0.333. The van der Waals surface area contributed by atoms with Crippen LogP contribution in [0.5, 0.6) is 0 Å². The largest absolute Gasteiger partial charge is 0.508 e. The second-order valence-corrected chi connectivity index (χ2v) is 1.93. The van der Waals surface area contributed by atoms with Gasteiger partial charge in [0.25, 0.3) is 0 Å². The standard InChI is InChI=1S/C9H14O/c1-3-5-6-8-9(10)7-4-2/h4-8,10H,3H2,1-2H3/b6-5-,7-4-,9-8+. The van der Waals surface area contributed by atoms with Gasteiger partial charge in [-0.1, -0.05) is 25.2 Å². The summed E-state index contributed by atoms with van der Waals surface area (Å²) in [5.74, 6) is 0.298. The fourth-order valence-electron chi connectivity index (χ4n) is 0.529. The molecule has 1 nitrogen and oxygen atoms in total. The van der Waals surface area contributed by atoms with Gasteiger partial charge in [0.05, 0.1) is 0 Å². The molecule has 1 N–H and O–H groups in total. The van der Waals surface area contributed by atoms with Gasteiger partial charge in [-0.3, -0.25) is 0 Å². The van der Waals surface area contributed by atoms with Crippen molar-refractivity contribution in [3.05, 3.63) is 36.1 Å². The fourth-order valence-corrected chi connectivity index (χ4v) is 0.529. The minimum absolute atomic E-state index is 0.298. The highest BCUT2D eigenvalue weighted by atomic mass is 16.3. The lowest BCUT2D eigenvalue weighted by Gasteiger charge is -1.84. The molecule has 0 fully saturated rings. The van der Waals surface area contributed by atoms with E-state index in [0.29, 0.717) is 5.76 Å². The number of rotatable bonds is 3. The quantitative estimate of drug-likeness (QED) is 0.469. The Labute approximate surface area is 62.4 Å². The zero-order valence-corrected chi connectivity index (χ0v) is 6.54. The first-order valence-corrected chi connectivity index (χ1v) is 3.49. The van der Waals surface area contributed by atoms with Crippen LogP contribution in [0.15, 0.2) is 36.1 Å². The van der Waals surface area contributed by atoms with Crippen LogP contribution < -0.4 is 0 Å². The number of hydrogen-bond acceptors (Lipinski definition) is 1. The Morgan fingerprint density at radius 3 is 2.70 bits per heavy atom. The molecular weight excluding hydrogens is 124 g/mol. The van der Waals surface area contributed by atoms with Crippen LogP contribution in [0.4, 0.5) is 0 Å². The third kappa shape index (κ3) is 5.16. The Morgan fingerprint density at radius 2 is 2.20 bits per heavy atom. The number of aliphatic hydroxyl groups is 1. The first-order chi connectivity index (χ1) is 4.81. The van der Waals surface area contributed by atoms with Gasteiger partial charge in [0.1, 0.15) is 5.76 Å². The highest BCUT2D eigenvalue weighted by Crippen LogP contribution is 1.91. The summed E-state index contributed by atoms with van der Waals surface area (Å²) in [6, 6.07) is 0. The maximum Gasteiger partial charge on any atom is 0.115 e. The Hall–Kier alpha value is -0.980. The summed E-state index contributed by atoms with van der Waals surface area (Å²) in [4.78, 5) is 0. The van der Waals surface area contributed by atoms with Crippen molar-refractivity contribution < 1.29 is 5.11 Å². The van der Waals surface area contributed by atoms with Crippen molar-refractivity contribution in [3.8, 4) is 0 Å². The lowest BCUT2D eigenvalue weighted by Crippen LogP contribution is -1.69. The Bertz CT molecular complexity index is 152. The first kappa shape index (κ1) is 9.02. The van der Waals surface area contributed by atoms with Crippen molar-refractivity contribution in [2.24, 2.45) is 0 Å². The van der Waals surface area contributed by atoms with Crippen LogP contribution >= 0.6 is 0 Å². The van der Waals surface area contributed by atoms with E-state index in [1.165, 1.54) is 0 Å². The first-order valence-electron chi connectivity index (χ1n) is 3.49. The minimum Gasteiger partial charge on any atom is -0.508 e. The molecule has 0 bridgehead atoms. The summed E-state index contributed by atoms with van der Waals surface area (Å²) in [6.45, 7) is 3.92. The summed E-state index contributed by atoms with van der Waals surface area (Å²) < 4.78 is 0. The molecule has 0 spiro atoms. The summed E-state index contributed by atoms with van der Waals surface area (Å²) in [5.41, 5.74) is 0. The zero-order valence-electron chi connectivity index (χ0n) is 6.54. The van der Waals surface area contributed by atoms with Crippen molar-refractivity contribution >= 4 is 0 Å². The number of aliphatic hydroxyl groups excluding tert-OH is 1. The summed E-state index contributed by atoms with van der Waals surface area (Å²) in [7, 11) is 0. The van der Waals surface area contributed by atoms with Crippen LogP contribution in [0, 0.1) is 0 Å². The second kappa shape index (κ2) is 6.14. The molecule has 0 aromatic rings. The van der Waals surface area contributed by atoms with Crippen molar-refractivity contribution in [1.82, 2.24) is 0 Å². The van der Waals surface area contributed by atoms with Gasteiger partial charge < -0.3 is 5.11 Å². The maximum absolute atomic E-state index is 9.00. The third-order valence-electron chi connectivity index (χ3n) is 0.976. The van der Waals surface area contributed by atoms with Gasteiger partial charge in [-0.2, -0.15) is 0 Å². The van der Waals surface area contributed by atoms with Crippen LogP contribution in [0.25, 0.3) is 0 Å². The van der Waals surface area contributed by atoms with E-state index in [9.17, 15) is 0 Å². The monoisotopic (exact) mass is 138 g/mol. The zero-order chi connectivity index (χ0) is 7.82. The van der Waals surface area contributed by atoms with E-state index in [0.717, 1.165) is 6.42 Å². The van der Waals surface area contributed by atoms with E-state index >= 15 is 0 Å². The van der Waals surface area contributed by atoms with Gasteiger partial charge in [0.2, 0.25) is 0 Å². The highest BCUT2D eigenvalue weighted by Gasteiger charge is 1.76. The molecule has 0 radical (unpaired) electrons. The van der Waals surface area contributed by atoms with Gasteiger partial charge in [-0.15, -0.1) is 0 Å². The van der Waals surface area contributed by atoms with Crippen LogP contribution in [-0.2, 0) is 0 Å². The third-order valence-corrected chi connectivity index (χ3v) is 0.976. The van der Waals surface area contributed by atoms with E-state index < -0.39 is 0 Å². The molecule has 0 amide bonds. The molecule has 0 saturated heterocycles. The van der Waals surface area contributed by atoms with Crippen LogP contribution in [-0.4, -0.2) is 5.11 Å². The molecule has 56 valence electrons. The molecule has 0 atom stereocenters. The average molecular weight is 138 g/mol. The molecule has 0 aliphatic heterocycles. The van der Waals surface area contributed by atoms with Crippen LogP contribution in [0.1, 0.15) is 20.3 Å². The van der Waals surface area contributed by atoms with E-state index in [1.807, 2.05) is 19.1 Å². The maximum atomic E-state index is 9.00. The molecule has 0 saturated carbocycles. The van der Waals surface area contributed by atoms with Crippen molar-refractivity contribution in [2.45, 2.75) is 20.3 Å². The Balaban J connectivity index is 3.79. The Kier molecular flexibility index (Phi) is 5.54. The van der Waals surface area contributed by atoms with Gasteiger partial charge in [-0.05, 0) is 25.5 Å². The molecule has 0 aliphatic rings. The Morgan fingerprint density at radius 1 is 1.50 bits per heavy atom.